The van der Waals surface area contributed by atoms with Crippen LogP contribution in [-0.4, -0.2) is 12.1 Å². The molecule has 0 aliphatic heterocycles. The van der Waals surface area contributed by atoms with Crippen LogP contribution in [0.5, 0.6) is 5.88 Å². The van der Waals surface area contributed by atoms with Gasteiger partial charge in [0.1, 0.15) is 0 Å². The largest absolute Gasteiger partial charge is 0.481 e. The minimum Gasteiger partial charge on any atom is -0.481 e. The molecule has 0 spiro atoms. The highest BCUT2D eigenvalue weighted by Gasteiger charge is 2.15. The minimum atomic E-state index is -2.59. The highest BCUT2D eigenvalue weighted by atomic mass is 35.5. The first-order chi connectivity index (χ1) is 6.19. The van der Waals surface area contributed by atoms with Gasteiger partial charge in [-0.3, -0.25) is 0 Å². The van der Waals surface area contributed by atoms with Gasteiger partial charge in [-0.15, -0.1) is 11.6 Å². The van der Waals surface area contributed by atoms with E-state index in [1.54, 1.807) is 0 Å². The van der Waals surface area contributed by atoms with Crippen molar-refractivity contribution in [1.29, 1.82) is 0 Å². The Kier molecular flexibility index (Phi) is 3.42. The summed E-state index contributed by atoms with van der Waals surface area (Å²) in [5.74, 6) is 0.111. The van der Waals surface area contributed by atoms with E-state index < -0.39 is 6.43 Å². The average molecular weight is 208 g/mol. The van der Waals surface area contributed by atoms with Gasteiger partial charge in [0.25, 0.3) is 6.43 Å². The fraction of sp³-hybridized carbons (Fsp3) is 0.375. The van der Waals surface area contributed by atoms with Gasteiger partial charge < -0.3 is 4.74 Å². The van der Waals surface area contributed by atoms with Crippen molar-refractivity contribution in [2.45, 2.75) is 12.3 Å². The first kappa shape index (κ1) is 10.2. The molecular formula is C8H8ClF2NO. The van der Waals surface area contributed by atoms with E-state index >= 15 is 0 Å². The number of halogens is 3. The summed E-state index contributed by atoms with van der Waals surface area (Å²) in [6, 6.07) is 1.30. The first-order valence-electron chi connectivity index (χ1n) is 3.56. The van der Waals surface area contributed by atoms with Crippen molar-refractivity contribution in [3.63, 3.8) is 0 Å². The molecule has 0 aliphatic carbocycles. The predicted molar refractivity (Wildman–Crippen MR) is 45.3 cm³/mol. The second-order valence-corrected chi connectivity index (χ2v) is 2.64. The Morgan fingerprint density at radius 1 is 1.62 bits per heavy atom. The molecule has 1 heterocycles. The lowest BCUT2D eigenvalue weighted by Crippen LogP contribution is -1.97. The summed E-state index contributed by atoms with van der Waals surface area (Å²) in [7, 11) is 1.30. The molecule has 1 aromatic rings. The normalized spacial score (nSPS) is 10.5. The molecule has 0 fully saturated rings. The van der Waals surface area contributed by atoms with Crippen LogP contribution >= 0.6 is 11.6 Å². The quantitative estimate of drug-likeness (QED) is 0.711. The summed E-state index contributed by atoms with van der Waals surface area (Å²) in [5.41, 5.74) is 0.332. The molecule has 2 nitrogen and oxygen atoms in total. The number of ether oxygens (including phenoxy) is 1. The monoisotopic (exact) mass is 207 g/mol. The second-order valence-electron chi connectivity index (χ2n) is 2.38. The van der Waals surface area contributed by atoms with Crippen molar-refractivity contribution >= 4 is 11.6 Å². The van der Waals surface area contributed by atoms with Gasteiger partial charge in [0.15, 0.2) is 0 Å². The van der Waals surface area contributed by atoms with E-state index in [2.05, 4.69) is 9.72 Å². The topological polar surface area (TPSA) is 22.1 Å². The van der Waals surface area contributed by atoms with E-state index in [1.807, 2.05) is 0 Å². The van der Waals surface area contributed by atoms with Crippen LogP contribution in [0.2, 0.25) is 0 Å². The maximum atomic E-state index is 12.4. The van der Waals surface area contributed by atoms with Crippen molar-refractivity contribution in [2.75, 3.05) is 7.11 Å². The molecule has 0 aliphatic rings. The smallest absolute Gasteiger partial charge is 0.269 e. The maximum absolute atomic E-state index is 12.4. The Morgan fingerprint density at radius 2 is 2.31 bits per heavy atom. The molecule has 5 heteroatoms. The van der Waals surface area contributed by atoms with E-state index in [0.29, 0.717) is 5.56 Å². The summed E-state index contributed by atoms with van der Waals surface area (Å²) in [5, 5.41) is 0. The zero-order valence-electron chi connectivity index (χ0n) is 6.93. The maximum Gasteiger partial charge on any atom is 0.269 e. The second kappa shape index (κ2) is 4.37. The SMILES string of the molecule is COc1ncc(CCl)cc1C(F)F. The van der Waals surface area contributed by atoms with E-state index in [4.69, 9.17) is 11.6 Å². The number of pyridine rings is 1. The van der Waals surface area contributed by atoms with Gasteiger partial charge in [-0.1, -0.05) is 0 Å². The highest BCUT2D eigenvalue weighted by Crippen LogP contribution is 2.27. The van der Waals surface area contributed by atoms with Gasteiger partial charge in [-0.25, -0.2) is 13.8 Å². The summed E-state index contributed by atoms with van der Waals surface area (Å²) in [6.07, 6.45) is -1.18. The third kappa shape index (κ3) is 2.28. The Balaban J connectivity index is 3.10. The molecule has 0 N–H and O–H groups in total. The number of aromatic nitrogens is 1. The number of methoxy groups -OCH3 is 1. The van der Waals surface area contributed by atoms with Crippen LogP contribution in [0.25, 0.3) is 0 Å². The summed E-state index contributed by atoms with van der Waals surface area (Å²) in [6.45, 7) is 0. The Hall–Kier alpha value is -0.900. The molecule has 0 aromatic carbocycles. The number of alkyl halides is 3. The molecule has 1 aromatic heterocycles. The van der Waals surface area contributed by atoms with Crippen LogP contribution in [0, 0.1) is 0 Å². The van der Waals surface area contributed by atoms with Crippen LogP contribution < -0.4 is 4.74 Å². The zero-order chi connectivity index (χ0) is 9.84. The highest BCUT2D eigenvalue weighted by molar-refractivity contribution is 6.17. The van der Waals surface area contributed by atoms with Gasteiger partial charge in [0.05, 0.1) is 12.7 Å². The molecule has 13 heavy (non-hydrogen) atoms. The van der Waals surface area contributed by atoms with E-state index in [9.17, 15) is 8.78 Å². The Morgan fingerprint density at radius 3 is 2.77 bits per heavy atom. The minimum absolute atomic E-state index is 0.0520. The number of nitrogens with zero attached hydrogens (tertiary/aromatic N) is 1. The molecule has 0 unspecified atom stereocenters. The van der Waals surface area contributed by atoms with E-state index in [1.165, 1.54) is 19.4 Å². The van der Waals surface area contributed by atoms with Crippen molar-refractivity contribution in [2.24, 2.45) is 0 Å². The van der Waals surface area contributed by atoms with Gasteiger partial charge in [-0.2, -0.15) is 0 Å². The molecule has 0 saturated heterocycles. The first-order valence-corrected chi connectivity index (χ1v) is 4.09. The molecule has 72 valence electrons. The lowest BCUT2D eigenvalue weighted by molar-refractivity contribution is 0.146. The van der Waals surface area contributed by atoms with Crippen LogP contribution in [0.15, 0.2) is 12.3 Å². The van der Waals surface area contributed by atoms with Crippen molar-refractivity contribution < 1.29 is 13.5 Å². The summed E-state index contributed by atoms with van der Waals surface area (Å²) < 4.78 is 29.4. The third-order valence-electron chi connectivity index (χ3n) is 1.52. The molecule has 1 rings (SSSR count). The summed E-state index contributed by atoms with van der Waals surface area (Å²) in [4.78, 5) is 3.70. The van der Waals surface area contributed by atoms with Gasteiger partial charge in [0, 0.05) is 12.1 Å². The lowest BCUT2D eigenvalue weighted by atomic mass is 10.2. The van der Waals surface area contributed by atoms with E-state index in [-0.39, 0.29) is 17.3 Å². The van der Waals surface area contributed by atoms with Crippen molar-refractivity contribution in [3.8, 4) is 5.88 Å². The summed E-state index contributed by atoms with van der Waals surface area (Å²) >= 11 is 5.47. The third-order valence-corrected chi connectivity index (χ3v) is 1.83. The van der Waals surface area contributed by atoms with Crippen LogP contribution in [0.1, 0.15) is 17.6 Å². The molecule has 0 radical (unpaired) electrons. The number of hydrogen-bond acceptors (Lipinski definition) is 2. The van der Waals surface area contributed by atoms with Gasteiger partial charge >= 0.3 is 0 Å². The van der Waals surface area contributed by atoms with Crippen molar-refractivity contribution in [1.82, 2.24) is 4.98 Å². The van der Waals surface area contributed by atoms with E-state index in [0.717, 1.165) is 0 Å². The van der Waals surface area contributed by atoms with Crippen LogP contribution in [0.4, 0.5) is 8.78 Å². The fourth-order valence-electron chi connectivity index (χ4n) is 0.915. The Labute approximate surface area is 79.5 Å². The number of hydrogen-bond donors (Lipinski definition) is 0. The predicted octanol–water partition coefficient (Wildman–Crippen LogP) is 2.77. The molecular weight excluding hydrogens is 200 g/mol. The molecule has 0 atom stereocenters. The Bertz CT molecular complexity index is 293. The van der Waals surface area contributed by atoms with Crippen LogP contribution in [0.3, 0.4) is 0 Å². The van der Waals surface area contributed by atoms with Crippen LogP contribution in [-0.2, 0) is 5.88 Å². The fourth-order valence-corrected chi connectivity index (χ4v) is 1.06. The van der Waals surface area contributed by atoms with Crippen molar-refractivity contribution in [3.05, 3.63) is 23.4 Å². The van der Waals surface area contributed by atoms with Gasteiger partial charge in [0.2, 0.25) is 5.88 Å². The molecule has 0 bridgehead atoms. The van der Waals surface area contributed by atoms with Gasteiger partial charge in [-0.05, 0) is 11.6 Å². The lowest BCUT2D eigenvalue weighted by Gasteiger charge is -2.06. The number of rotatable bonds is 3. The zero-order valence-corrected chi connectivity index (χ0v) is 7.68. The molecule has 0 saturated carbocycles. The molecule has 0 amide bonds. The standard InChI is InChI=1S/C8H8ClF2NO/c1-13-8-6(7(10)11)2-5(3-9)4-12-8/h2,4,7H,3H2,1H3. The average Bonchev–Trinajstić information content (AvgIpc) is 2.16.